The molecule has 82 valence electrons. The molecule has 0 aliphatic carbocycles. The summed E-state index contributed by atoms with van der Waals surface area (Å²) in [7, 11) is 0. The third kappa shape index (κ3) is 2.69. The van der Waals surface area contributed by atoms with Gasteiger partial charge >= 0.3 is 0 Å². The fraction of sp³-hybridized carbons (Fsp3) is 0.0769. The van der Waals surface area contributed by atoms with Crippen LogP contribution < -0.4 is 4.74 Å². The Balaban J connectivity index is 2.22. The molecule has 0 amide bonds. The minimum Gasteiger partial charge on any atom is -0.456 e. The first-order chi connectivity index (χ1) is 7.79. The van der Waals surface area contributed by atoms with Crippen LogP contribution in [0.4, 0.5) is 0 Å². The molecule has 0 spiro atoms. The summed E-state index contributed by atoms with van der Waals surface area (Å²) in [5.74, 6) is 1.86. The monoisotopic (exact) mass is 252 g/mol. The Labute approximate surface area is 105 Å². The van der Waals surface area contributed by atoms with Crippen molar-refractivity contribution in [3.63, 3.8) is 0 Å². The van der Waals surface area contributed by atoms with E-state index in [4.69, 9.17) is 27.9 Å². The van der Waals surface area contributed by atoms with Gasteiger partial charge in [0.25, 0.3) is 0 Å². The Morgan fingerprint density at radius 2 is 1.75 bits per heavy atom. The highest BCUT2D eigenvalue weighted by Crippen LogP contribution is 2.30. The molecule has 0 atom stereocenters. The molecule has 0 radical (unpaired) electrons. The number of benzene rings is 2. The summed E-state index contributed by atoms with van der Waals surface area (Å²) >= 11 is 11.8. The molecule has 0 N–H and O–H groups in total. The molecule has 0 fully saturated rings. The van der Waals surface area contributed by atoms with E-state index in [-0.39, 0.29) is 0 Å². The molecule has 0 aliphatic heterocycles. The molecule has 2 aromatic carbocycles. The summed E-state index contributed by atoms with van der Waals surface area (Å²) in [5, 5.41) is 0.571. The number of ether oxygens (including phenoxy) is 1. The van der Waals surface area contributed by atoms with Gasteiger partial charge in [-0.15, -0.1) is 11.6 Å². The summed E-state index contributed by atoms with van der Waals surface area (Å²) in [5.41, 5.74) is 0.979. The van der Waals surface area contributed by atoms with Crippen molar-refractivity contribution in [3.8, 4) is 11.5 Å². The highest BCUT2D eigenvalue weighted by molar-refractivity contribution is 6.32. The zero-order valence-electron chi connectivity index (χ0n) is 8.49. The number of alkyl halides is 1. The van der Waals surface area contributed by atoms with Gasteiger partial charge in [0.1, 0.15) is 11.5 Å². The van der Waals surface area contributed by atoms with Crippen LogP contribution in [0.25, 0.3) is 0 Å². The van der Waals surface area contributed by atoms with Crippen molar-refractivity contribution in [2.75, 3.05) is 0 Å². The average Bonchev–Trinajstić information content (AvgIpc) is 2.33. The highest BCUT2D eigenvalue weighted by atomic mass is 35.5. The van der Waals surface area contributed by atoms with Gasteiger partial charge in [-0.2, -0.15) is 0 Å². The molecule has 0 heterocycles. The second kappa shape index (κ2) is 5.24. The Morgan fingerprint density at radius 3 is 2.38 bits per heavy atom. The summed E-state index contributed by atoms with van der Waals surface area (Å²) in [6.45, 7) is 0. The minimum absolute atomic E-state index is 0.450. The van der Waals surface area contributed by atoms with Crippen molar-refractivity contribution < 1.29 is 4.74 Å². The van der Waals surface area contributed by atoms with Crippen LogP contribution in [0.1, 0.15) is 5.56 Å². The normalized spacial score (nSPS) is 10.1. The maximum absolute atomic E-state index is 6.07. The van der Waals surface area contributed by atoms with Gasteiger partial charge in [0.15, 0.2) is 0 Å². The number of hydrogen-bond donors (Lipinski definition) is 0. The second-order valence-corrected chi connectivity index (χ2v) is 3.99. The topological polar surface area (TPSA) is 9.23 Å². The number of halogens is 2. The Bertz CT molecular complexity index is 469. The molecule has 0 bridgehead atoms. The van der Waals surface area contributed by atoms with Crippen LogP contribution in [0.5, 0.6) is 11.5 Å². The maximum atomic E-state index is 6.07. The molecule has 0 aromatic heterocycles. The average molecular weight is 253 g/mol. The molecule has 0 unspecified atom stereocenters. The van der Waals surface area contributed by atoms with Crippen LogP contribution in [-0.4, -0.2) is 0 Å². The van der Waals surface area contributed by atoms with Crippen molar-refractivity contribution in [2.45, 2.75) is 5.88 Å². The van der Waals surface area contributed by atoms with Crippen LogP contribution >= 0.6 is 23.2 Å². The van der Waals surface area contributed by atoms with Crippen LogP contribution in [-0.2, 0) is 5.88 Å². The van der Waals surface area contributed by atoms with Gasteiger partial charge in [-0.05, 0) is 29.8 Å². The lowest BCUT2D eigenvalue weighted by atomic mass is 10.2. The quantitative estimate of drug-likeness (QED) is 0.709. The third-order valence-electron chi connectivity index (χ3n) is 2.12. The molecule has 2 rings (SSSR count). The van der Waals surface area contributed by atoms with Crippen molar-refractivity contribution in [1.82, 2.24) is 0 Å². The van der Waals surface area contributed by atoms with Gasteiger partial charge in [0.2, 0.25) is 0 Å². The lowest BCUT2D eigenvalue weighted by Gasteiger charge is -2.08. The van der Waals surface area contributed by atoms with Gasteiger partial charge in [0, 0.05) is 5.88 Å². The van der Waals surface area contributed by atoms with Crippen molar-refractivity contribution in [1.29, 1.82) is 0 Å². The summed E-state index contributed by atoms with van der Waals surface area (Å²) < 4.78 is 5.63. The lowest BCUT2D eigenvalue weighted by Crippen LogP contribution is -1.86. The van der Waals surface area contributed by atoms with Gasteiger partial charge in [-0.3, -0.25) is 0 Å². The molecule has 2 aromatic rings. The Morgan fingerprint density at radius 1 is 1.00 bits per heavy atom. The Hall–Kier alpha value is -1.18. The zero-order valence-corrected chi connectivity index (χ0v) is 10.0. The number of rotatable bonds is 3. The third-order valence-corrected chi connectivity index (χ3v) is 2.73. The van der Waals surface area contributed by atoms with E-state index in [1.54, 1.807) is 0 Å². The van der Waals surface area contributed by atoms with E-state index < -0.39 is 0 Å². The first-order valence-electron chi connectivity index (χ1n) is 4.87. The predicted octanol–water partition coefficient (Wildman–Crippen LogP) is 4.87. The predicted molar refractivity (Wildman–Crippen MR) is 67.5 cm³/mol. The minimum atomic E-state index is 0.450. The maximum Gasteiger partial charge on any atom is 0.146 e. The van der Waals surface area contributed by atoms with Crippen LogP contribution in [0.2, 0.25) is 5.02 Å². The number of hydrogen-bond acceptors (Lipinski definition) is 1. The van der Waals surface area contributed by atoms with E-state index in [2.05, 4.69) is 0 Å². The summed E-state index contributed by atoms with van der Waals surface area (Å²) in [6.07, 6.45) is 0. The molecule has 1 nitrogen and oxygen atoms in total. The summed E-state index contributed by atoms with van der Waals surface area (Å²) in [6, 6.07) is 15.1. The zero-order chi connectivity index (χ0) is 11.4. The van der Waals surface area contributed by atoms with Gasteiger partial charge in [-0.25, -0.2) is 0 Å². The van der Waals surface area contributed by atoms with E-state index in [1.165, 1.54) is 0 Å². The second-order valence-electron chi connectivity index (χ2n) is 3.31. The van der Waals surface area contributed by atoms with E-state index in [1.807, 2.05) is 48.5 Å². The smallest absolute Gasteiger partial charge is 0.146 e. The Kier molecular flexibility index (Phi) is 3.70. The van der Waals surface area contributed by atoms with Crippen molar-refractivity contribution >= 4 is 23.2 Å². The lowest BCUT2D eigenvalue weighted by molar-refractivity contribution is 0.483. The van der Waals surface area contributed by atoms with Gasteiger partial charge < -0.3 is 4.74 Å². The highest BCUT2D eigenvalue weighted by Gasteiger charge is 2.03. The molecule has 0 saturated carbocycles. The molecule has 16 heavy (non-hydrogen) atoms. The fourth-order valence-corrected chi connectivity index (χ4v) is 1.73. The van der Waals surface area contributed by atoms with Crippen LogP contribution in [0, 0.1) is 0 Å². The molecular weight excluding hydrogens is 243 g/mol. The van der Waals surface area contributed by atoms with Crippen LogP contribution in [0.15, 0.2) is 48.5 Å². The molecule has 0 aliphatic rings. The van der Waals surface area contributed by atoms with Gasteiger partial charge in [0.05, 0.1) is 5.02 Å². The standard InChI is InChI=1S/C13H10Cl2O/c14-9-10-6-7-13(12(15)8-10)16-11-4-2-1-3-5-11/h1-8H,9H2. The fourth-order valence-electron chi connectivity index (χ4n) is 1.33. The number of para-hydroxylation sites is 1. The molecule has 0 saturated heterocycles. The largest absolute Gasteiger partial charge is 0.456 e. The van der Waals surface area contributed by atoms with E-state index in [0.29, 0.717) is 16.7 Å². The molecular formula is C13H10Cl2O. The van der Waals surface area contributed by atoms with E-state index in [0.717, 1.165) is 11.3 Å². The summed E-state index contributed by atoms with van der Waals surface area (Å²) in [4.78, 5) is 0. The SMILES string of the molecule is ClCc1ccc(Oc2ccccc2)c(Cl)c1. The van der Waals surface area contributed by atoms with Crippen molar-refractivity contribution in [2.24, 2.45) is 0 Å². The first-order valence-corrected chi connectivity index (χ1v) is 5.78. The van der Waals surface area contributed by atoms with Crippen molar-refractivity contribution in [3.05, 3.63) is 59.1 Å². The first kappa shape index (κ1) is 11.3. The van der Waals surface area contributed by atoms with Crippen LogP contribution in [0.3, 0.4) is 0 Å². The van der Waals surface area contributed by atoms with Gasteiger partial charge in [-0.1, -0.05) is 35.9 Å². The molecule has 3 heteroatoms. The van der Waals surface area contributed by atoms with E-state index in [9.17, 15) is 0 Å². The van der Waals surface area contributed by atoms with E-state index >= 15 is 0 Å².